The minimum Gasteiger partial charge on any atom is -0.494 e. The highest BCUT2D eigenvalue weighted by Crippen LogP contribution is 2.43. The zero-order valence-electron chi connectivity index (χ0n) is 19.3. The van der Waals surface area contributed by atoms with Crippen LogP contribution in [0.2, 0.25) is 0 Å². The average molecular weight is 425 g/mol. The van der Waals surface area contributed by atoms with Crippen molar-refractivity contribution < 1.29 is 19.1 Å². The number of hydrogen-bond donors (Lipinski definition) is 1. The van der Waals surface area contributed by atoms with E-state index >= 15 is 0 Å². The number of aryl methyl sites for hydroxylation is 1. The van der Waals surface area contributed by atoms with E-state index in [1.807, 2.05) is 20.8 Å². The molecule has 3 rings (SSSR count). The maximum Gasteiger partial charge on any atom is 0.198 e. The van der Waals surface area contributed by atoms with Crippen LogP contribution in [0.3, 0.4) is 0 Å². The van der Waals surface area contributed by atoms with Gasteiger partial charge in [0.05, 0.1) is 30.5 Å². The number of nitrogen functional groups attached to an aromatic ring is 1. The van der Waals surface area contributed by atoms with Crippen molar-refractivity contribution in [2.45, 2.75) is 41.0 Å². The molecule has 0 heterocycles. The Morgan fingerprint density at radius 1 is 0.903 bits per heavy atom. The summed E-state index contributed by atoms with van der Waals surface area (Å²) < 4.78 is 11.4. The third-order valence-corrected chi connectivity index (χ3v) is 6.37. The van der Waals surface area contributed by atoms with Crippen LogP contribution in [0.5, 0.6) is 11.5 Å². The molecule has 2 N–H and O–H groups in total. The molecule has 6 heteroatoms. The summed E-state index contributed by atoms with van der Waals surface area (Å²) in [6.45, 7) is 13.3. The van der Waals surface area contributed by atoms with Gasteiger partial charge >= 0.3 is 0 Å². The summed E-state index contributed by atoms with van der Waals surface area (Å²) in [5.74, 6) is 0.197. The lowest BCUT2D eigenvalue weighted by Gasteiger charge is -2.25. The number of fused-ring (bicyclic) bond motifs is 2. The van der Waals surface area contributed by atoms with E-state index in [0.717, 1.165) is 42.7 Å². The molecule has 0 unspecified atom stereocenters. The highest BCUT2D eigenvalue weighted by molar-refractivity contribution is 6.32. The van der Waals surface area contributed by atoms with Gasteiger partial charge in [-0.2, -0.15) is 0 Å². The van der Waals surface area contributed by atoms with Gasteiger partial charge in [-0.05, 0) is 63.0 Å². The Bertz CT molecular complexity index is 1040. The lowest BCUT2D eigenvalue weighted by molar-refractivity contribution is 0.0975. The molecule has 166 valence electrons. The van der Waals surface area contributed by atoms with Gasteiger partial charge < -0.3 is 20.1 Å². The molecule has 0 amide bonds. The highest BCUT2D eigenvalue weighted by atomic mass is 16.5. The van der Waals surface area contributed by atoms with Crippen molar-refractivity contribution in [2.24, 2.45) is 0 Å². The number of carbonyl (C=O) groups excluding carboxylic acids is 2. The number of hydrogen-bond acceptors (Lipinski definition) is 6. The van der Waals surface area contributed by atoms with E-state index in [2.05, 4.69) is 18.7 Å². The molecule has 6 nitrogen and oxygen atoms in total. The van der Waals surface area contributed by atoms with Crippen molar-refractivity contribution in [3.8, 4) is 11.5 Å². The van der Waals surface area contributed by atoms with Crippen LogP contribution in [0.1, 0.15) is 68.8 Å². The number of nitrogens with two attached hydrogens (primary N) is 1. The predicted octanol–water partition coefficient (Wildman–Crippen LogP) is 4.09. The van der Waals surface area contributed by atoms with E-state index in [4.69, 9.17) is 15.2 Å². The van der Waals surface area contributed by atoms with Crippen LogP contribution in [-0.2, 0) is 0 Å². The molecule has 0 spiro atoms. The van der Waals surface area contributed by atoms with Crippen molar-refractivity contribution in [3.05, 3.63) is 51.1 Å². The Morgan fingerprint density at radius 3 is 2.19 bits per heavy atom. The lowest BCUT2D eigenvalue weighted by atomic mass is 9.78. The van der Waals surface area contributed by atoms with E-state index in [1.165, 1.54) is 7.11 Å². The fourth-order valence-corrected chi connectivity index (χ4v) is 4.22. The van der Waals surface area contributed by atoms with Crippen molar-refractivity contribution in [2.75, 3.05) is 39.1 Å². The number of anilines is 1. The fourth-order valence-electron chi connectivity index (χ4n) is 4.22. The van der Waals surface area contributed by atoms with Gasteiger partial charge in [0, 0.05) is 23.7 Å². The normalized spacial score (nSPS) is 12.7. The molecule has 0 radical (unpaired) electrons. The molecule has 0 fully saturated rings. The molecule has 1 aliphatic rings. The van der Waals surface area contributed by atoms with E-state index in [1.54, 1.807) is 12.1 Å². The van der Waals surface area contributed by atoms with Gasteiger partial charge in [0.2, 0.25) is 0 Å². The molecule has 31 heavy (non-hydrogen) atoms. The molecule has 0 aliphatic heterocycles. The molecule has 0 bridgehead atoms. The van der Waals surface area contributed by atoms with Gasteiger partial charge in [-0.25, -0.2) is 0 Å². The first-order valence-electron chi connectivity index (χ1n) is 10.8. The Morgan fingerprint density at radius 2 is 1.58 bits per heavy atom. The number of nitrogens with zero attached hydrogens (tertiary/aromatic N) is 1. The van der Waals surface area contributed by atoms with Gasteiger partial charge in [-0.3, -0.25) is 9.59 Å². The minimum absolute atomic E-state index is 0.176. The van der Waals surface area contributed by atoms with Crippen LogP contribution in [0.25, 0.3) is 0 Å². The first-order chi connectivity index (χ1) is 14.8. The third-order valence-electron chi connectivity index (χ3n) is 6.37. The summed E-state index contributed by atoms with van der Waals surface area (Å²) in [5, 5.41) is 0. The Hall–Kier alpha value is -2.86. The first kappa shape index (κ1) is 22.8. The summed E-state index contributed by atoms with van der Waals surface area (Å²) in [6.07, 6.45) is 0.805. The van der Waals surface area contributed by atoms with Crippen LogP contribution in [0.4, 0.5) is 5.69 Å². The lowest BCUT2D eigenvalue weighted by Crippen LogP contribution is -2.26. The third kappa shape index (κ3) is 3.92. The fraction of sp³-hybridized carbons (Fsp3) is 0.440. The van der Waals surface area contributed by atoms with Crippen molar-refractivity contribution in [1.29, 1.82) is 0 Å². The van der Waals surface area contributed by atoms with E-state index in [-0.39, 0.29) is 28.4 Å². The zero-order chi connectivity index (χ0) is 22.9. The summed E-state index contributed by atoms with van der Waals surface area (Å²) in [5.41, 5.74) is 10.5. The first-order valence-corrected chi connectivity index (χ1v) is 10.8. The minimum atomic E-state index is -0.255. The Kier molecular flexibility index (Phi) is 6.70. The molecular formula is C25H32N2O4. The topological polar surface area (TPSA) is 81.9 Å². The van der Waals surface area contributed by atoms with E-state index < -0.39 is 0 Å². The molecule has 2 aromatic carbocycles. The zero-order valence-corrected chi connectivity index (χ0v) is 19.3. The standard InChI is InChI=1S/C25H32N2O4/c1-7-27(8-2)10-9-11-31-18-13-19(30-6)23(26)22-21(18)24(28)17-12-14(3)15(4)16(5)20(17)25(22)29/h12-13H,7-11,26H2,1-6H3. The molecule has 1 aliphatic carbocycles. The van der Waals surface area contributed by atoms with Gasteiger partial charge in [0.25, 0.3) is 0 Å². The molecule has 0 saturated carbocycles. The van der Waals surface area contributed by atoms with Crippen molar-refractivity contribution >= 4 is 17.3 Å². The van der Waals surface area contributed by atoms with Crippen molar-refractivity contribution in [1.82, 2.24) is 4.90 Å². The number of carbonyl (C=O) groups is 2. The second-order valence-electron chi connectivity index (χ2n) is 7.99. The smallest absolute Gasteiger partial charge is 0.198 e. The van der Waals surface area contributed by atoms with Crippen LogP contribution in [0, 0.1) is 20.8 Å². The van der Waals surface area contributed by atoms with E-state index in [0.29, 0.717) is 29.2 Å². The van der Waals surface area contributed by atoms with Crippen LogP contribution < -0.4 is 15.2 Å². The maximum absolute atomic E-state index is 13.5. The highest BCUT2D eigenvalue weighted by Gasteiger charge is 2.37. The number of ketones is 2. The number of rotatable bonds is 8. The average Bonchev–Trinajstić information content (AvgIpc) is 2.76. The molecular weight excluding hydrogens is 392 g/mol. The second-order valence-corrected chi connectivity index (χ2v) is 7.99. The van der Waals surface area contributed by atoms with Crippen LogP contribution in [0.15, 0.2) is 12.1 Å². The largest absolute Gasteiger partial charge is 0.494 e. The predicted molar refractivity (Wildman–Crippen MR) is 123 cm³/mol. The number of ether oxygens (including phenoxy) is 2. The summed E-state index contributed by atoms with van der Waals surface area (Å²) >= 11 is 0. The van der Waals surface area contributed by atoms with Gasteiger partial charge in [0.1, 0.15) is 11.5 Å². The summed E-state index contributed by atoms with van der Waals surface area (Å²) in [7, 11) is 1.49. The molecule has 0 saturated heterocycles. The summed E-state index contributed by atoms with van der Waals surface area (Å²) in [6, 6.07) is 3.42. The number of benzene rings is 2. The molecule has 0 atom stereocenters. The van der Waals surface area contributed by atoms with Gasteiger partial charge in [0.15, 0.2) is 11.6 Å². The molecule has 0 aromatic heterocycles. The maximum atomic E-state index is 13.5. The van der Waals surface area contributed by atoms with Crippen LogP contribution in [-0.4, -0.2) is 49.8 Å². The van der Waals surface area contributed by atoms with Gasteiger partial charge in [-0.1, -0.05) is 13.8 Å². The quantitative estimate of drug-likeness (QED) is 0.433. The van der Waals surface area contributed by atoms with Gasteiger partial charge in [-0.15, -0.1) is 0 Å². The molecule has 2 aromatic rings. The number of methoxy groups -OCH3 is 1. The Balaban J connectivity index is 2.06. The summed E-state index contributed by atoms with van der Waals surface area (Å²) in [4.78, 5) is 29.4. The van der Waals surface area contributed by atoms with Crippen LogP contribution >= 0.6 is 0 Å². The monoisotopic (exact) mass is 424 g/mol. The van der Waals surface area contributed by atoms with Crippen molar-refractivity contribution in [3.63, 3.8) is 0 Å². The Labute approximate surface area is 184 Å². The second kappa shape index (κ2) is 9.10. The SMILES string of the molecule is CCN(CC)CCCOc1cc(OC)c(N)c2c1C(=O)c1cc(C)c(C)c(C)c1C2=O. The van der Waals surface area contributed by atoms with E-state index in [9.17, 15) is 9.59 Å².